The Kier molecular flexibility index (Phi) is 3.70. The lowest BCUT2D eigenvalue weighted by Crippen LogP contribution is -2.63. The Labute approximate surface area is 165 Å². The first-order valence-corrected chi connectivity index (χ1v) is 10.3. The number of nitrogens with one attached hydrogen (secondary N) is 1. The van der Waals surface area contributed by atoms with Crippen molar-refractivity contribution in [2.45, 2.75) is 58.5 Å². The summed E-state index contributed by atoms with van der Waals surface area (Å²) in [6.07, 6.45) is 3.57. The lowest BCUT2D eigenvalue weighted by atomic mass is 9.61. The van der Waals surface area contributed by atoms with Crippen LogP contribution in [0.25, 0.3) is 0 Å². The smallest absolute Gasteiger partial charge is 0.222 e. The monoisotopic (exact) mass is 384 g/mol. The van der Waals surface area contributed by atoms with Gasteiger partial charge in [0.15, 0.2) is 11.6 Å². The molecular weight excluding hydrogens is 356 g/mol. The minimum absolute atomic E-state index is 0.0606. The number of rotatable bonds is 2. The molecule has 28 heavy (non-hydrogen) atoms. The van der Waals surface area contributed by atoms with Crippen molar-refractivity contribution >= 4 is 11.7 Å². The van der Waals surface area contributed by atoms with Gasteiger partial charge < -0.3 is 15.0 Å². The molecule has 150 valence electrons. The van der Waals surface area contributed by atoms with Gasteiger partial charge >= 0.3 is 0 Å². The van der Waals surface area contributed by atoms with Crippen LogP contribution in [0.5, 0.6) is 0 Å². The number of likely N-dealkylation sites (tertiary alicyclic amines) is 1. The van der Waals surface area contributed by atoms with Crippen molar-refractivity contribution in [3.63, 3.8) is 0 Å². The molecule has 1 unspecified atom stereocenters. The highest BCUT2D eigenvalue weighted by Gasteiger charge is 2.62. The predicted molar refractivity (Wildman–Crippen MR) is 102 cm³/mol. The van der Waals surface area contributed by atoms with Gasteiger partial charge in [-0.15, -0.1) is 5.11 Å². The zero-order valence-electron chi connectivity index (χ0n) is 16.9. The van der Waals surface area contributed by atoms with E-state index < -0.39 is 5.41 Å². The van der Waals surface area contributed by atoms with Crippen LogP contribution in [0.15, 0.2) is 32.9 Å². The second kappa shape index (κ2) is 5.75. The Morgan fingerprint density at radius 3 is 2.82 bits per heavy atom. The first-order chi connectivity index (χ1) is 13.3. The number of amides is 1. The second-order valence-corrected chi connectivity index (χ2v) is 9.88. The number of nitrogens with zero attached hydrogens (tertiary/aromatic N) is 3. The van der Waals surface area contributed by atoms with Crippen molar-refractivity contribution in [1.29, 1.82) is 0 Å². The normalized spacial score (nSPS) is 32.0. The third-order valence-corrected chi connectivity index (χ3v) is 6.91. The number of hydrogen-bond acceptors (Lipinski definition) is 6. The summed E-state index contributed by atoms with van der Waals surface area (Å²) in [5, 5.41) is 12.0. The van der Waals surface area contributed by atoms with Crippen LogP contribution >= 0.6 is 0 Å². The molecule has 7 nitrogen and oxygen atoms in total. The number of ether oxygens (including phenoxy) is 1. The number of Topliss-reactive ketones (excluding diaryl/α,β-unsaturated/α-hetero) is 1. The first-order valence-electron chi connectivity index (χ1n) is 10.3. The number of fused-ring (bicyclic) bond motifs is 2. The molecule has 1 aliphatic carbocycles. The van der Waals surface area contributed by atoms with Crippen LogP contribution in [0.2, 0.25) is 0 Å². The third-order valence-electron chi connectivity index (χ3n) is 6.91. The van der Waals surface area contributed by atoms with Gasteiger partial charge in [0.05, 0.1) is 31.7 Å². The summed E-state index contributed by atoms with van der Waals surface area (Å²) >= 11 is 0. The van der Waals surface area contributed by atoms with Gasteiger partial charge in [0.1, 0.15) is 5.60 Å². The maximum absolute atomic E-state index is 13.3. The summed E-state index contributed by atoms with van der Waals surface area (Å²) in [6.45, 7) is 8.56. The lowest BCUT2D eigenvalue weighted by molar-refractivity contribution is -0.157. The van der Waals surface area contributed by atoms with E-state index in [1.165, 1.54) is 0 Å². The van der Waals surface area contributed by atoms with Crippen LogP contribution < -0.4 is 5.32 Å². The van der Waals surface area contributed by atoms with Gasteiger partial charge in [-0.25, -0.2) is 0 Å². The average Bonchev–Trinajstić information content (AvgIpc) is 3.18. The fourth-order valence-corrected chi connectivity index (χ4v) is 5.75. The van der Waals surface area contributed by atoms with Crippen LogP contribution in [-0.4, -0.2) is 48.4 Å². The SMILES string of the molecule is CCCC(=O)N1CC2(C1)CC1(CO2)C2=C(N=NC2)NC2=C1C(=O)CC(C)(C)C2. The van der Waals surface area contributed by atoms with E-state index in [9.17, 15) is 9.59 Å². The van der Waals surface area contributed by atoms with Gasteiger partial charge in [0.2, 0.25) is 5.91 Å². The summed E-state index contributed by atoms with van der Waals surface area (Å²) < 4.78 is 6.36. The van der Waals surface area contributed by atoms with Gasteiger partial charge in [0.25, 0.3) is 0 Å². The lowest BCUT2D eigenvalue weighted by Gasteiger charge is -2.49. The van der Waals surface area contributed by atoms with E-state index in [-0.39, 0.29) is 22.7 Å². The zero-order valence-corrected chi connectivity index (χ0v) is 16.9. The summed E-state index contributed by atoms with van der Waals surface area (Å²) in [5.41, 5.74) is 2.15. The van der Waals surface area contributed by atoms with Crippen LogP contribution in [0, 0.1) is 10.8 Å². The average molecular weight is 384 g/mol. The number of ketones is 1. The molecule has 0 radical (unpaired) electrons. The van der Waals surface area contributed by atoms with Gasteiger partial charge in [-0.1, -0.05) is 20.8 Å². The molecule has 2 fully saturated rings. The van der Waals surface area contributed by atoms with Crippen LogP contribution in [0.3, 0.4) is 0 Å². The molecule has 1 N–H and O–H groups in total. The number of dihydropyridines is 1. The van der Waals surface area contributed by atoms with Crippen LogP contribution in [0.1, 0.15) is 52.9 Å². The van der Waals surface area contributed by atoms with E-state index >= 15 is 0 Å². The molecule has 0 aromatic heterocycles. The summed E-state index contributed by atoms with van der Waals surface area (Å²) in [5.74, 6) is 1.23. The number of hydrogen-bond donors (Lipinski definition) is 1. The van der Waals surface area contributed by atoms with Gasteiger partial charge in [-0.2, -0.15) is 5.11 Å². The number of carbonyl (C=O) groups is 2. The summed E-state index contributed by atoms with van der Waals surface area (Å²) in [4.78, 5) is 27.4. The van der Waals surface area contributed by atoms with Crippen molar-refractivity contribution in [3.05, 3.63) is 22.7 Å². The largest absolute Gasteiger partial charge is 0.370 e. The molecule has 2 saturated heterocycles. The molecule has 5 aliphatic rings. The number of allylic oxidation sites excluding steroid dienone is 1. The van der Waals surface area contributed by atoms with Crippen molar-refractivity contribution in [2.75, 3.05) is 26.2 Å². The quantitative estimate of drug-likeness (QED) is 0.793. The summed E-state index contributed by atoms with van der Waals surface area (Å²) in [7, 11) is 0. The predicted octanol–water partition coefficient (Wildman–Crippen LogP) is 2.70. The molecule has 1 atom stereocenters. The van der Waals surface area contributed by atoms with Gasteiger partial charge in [0, 0.05) is 29.7 Å². The first kappa shape index (κ1) is 18.0. The van der Waals surface area contributed by atoms with Crippen molar-refractivity contribution < 1.29 is 14.3 Å². The van der Waals surface area contributed by atoms with Crippen LogP contribution in [0.4, 0.5) is 0 Å². The van der Waals surface area contributed by atoms with Gasteiger partial charge in [-0.05, 0) is 24.7 Å². The molecule has 2 spiro atoms. The van der Waals surface area contributed by atoms with E-state index in [2.05, 4.69) is 29.4 Å². The van der Waals surface area contributed by atoms with E-state index in [0.717, 1.165) is 41.9 Å². The minimum atomic E-state index is -0.438. The highest BCUT2D eigenvalue weighted by Crippen LogP contribution is 2.58. The Morgan fingerprint density at radius 2 is 2.07 bits per heavy atom. The molecule has 1 amide bonds. The maximum Gasteiger partial charge on any atom is 0.222 e. The molecule has 4 heterocycles. The minimum Gasteiger partial charge on any atom is -0.370 e. The maximum atomic E-state index is 13.3. The number of carbonyl (C=O) groups excluding carboxylic acids is 2. The fraction of sp³-hybridized carbons (Fsp3) is 0.714. The summed E-state index contributed by atoms with van der Waals surface area (Å²) in [6, 6.07) is 0. The Hall–Kier alpha value is -2.02. The van der Waals surface area contributed by atoms with Crippen molar-refractivity contribution in [2.24, 2.45) is 21.1 Å². The molecule has 5 rings (SSSR count). The van der Waals surface area contributed by atoms with E-state index in [4.69, 9.17) is 4.74 Å². The fourth-order valence-electron chi connectivity index (χ4n) is 5.75. The Balaban J connectivity index is 1.48. The number of azo groups is 1. The molecule has 4 aliphatic heterocycles. The van der Waals surface area contributed by atoms with E-state index in [0.29, 0.717) is 39.1 Å². The molecule has 0 aromatic carbocycles. The molecule has 7 heteroatoms. The molecule has 0 saturated carbocycles. The standard InChI is InChI=1S/C21H28N4O3/c1-4-5-16(27)25-10-20(11-25)9-21(12-28-20)13-8-22-24-18(13)23-14-6-19(2,3)7-15(26)17(14)21/h23H,4-12H2,1-3H3. The van der Waals surface area contributed by atoms with Crippen LogP contribution in [-0.2, 0) is 14.3 Å². The highest BCUT2D eigenvalue weighted by atomic mass is 16.5. The second-order valence-electron chi connectivity index (χ2n) is 9.88. The third kappa shape index (κ3) is 2.44. The van der Waals surface area contributed by atoms with Gasteiger partial charge in [-0.3, -0.25) is 9.59 Å². The zero-order chi connectivity index (χ0) is 19.7. The molecule has 0 aromatic rings. The molecular formula is C21H28N4O3. The highest BCUT2D eigenvalue weighted by molar-refractivity contribution is 6.00. The van der Waals surface area contributed by atoms with E-state index in [1.54, 1.807) is 0 Å². The van der Waals surface area contributed by atoms with E-state index in [1.807, 2.05) is 11.8 Å². The Bertz CT molecular complexity index is 863. The molecule has 0 bridgehead atoms. The Morgan fingerprint density at radius 1 is 1.29 bits per heavy atom. The topological polar surface area (TPSA) is 83.4 Å². The van der Waals surface area contributed by atoms with Crippen molar-refractivity contribution in [3.8, 4) is 0 Å². The van der Waals surface area contributed by atoms with Crippen molar-refractivity contribution in [1.82, 2.24) is 10.2 Å².